The Morgan fingerprint density at radius 1 is 0.844 bits per heavy atom. The zero-order valence-corrected chi connectivity index (χ0v) is 28.1. The van der Waals surface area contributed by atoms with Crippen LogP contribution in [-0.4, -0.2) is 43.3 Å². The van der Waals surface area contributed by atoms with Crippen molar-refractivity contribution in [3.05, 3.63) is 130 Å². The second-order valence-electron chi connectivity index (χ2n) is 11.9. The minimum absolute atomic E-state index is 0.0176. The molecule has 0 heterocycles. The van der Waals surface area contributed by atoms with E-state index in [4.69, 9.17) is 0 Å². The molecule has 45 heavy (non-hydrogen) atoms. The fraction of sp³-hybridized carbons (Fsp3) is 0.257. The van der Waals surface area contributed by atoms with Gasteiger partial charge in [0.2, 0.25) is 11.8 Å². The second-order valence-corrected chi connectivity index (χ2v) is 14.7. The predicted octanol–water partition coefficient (Wildman–Crippen LogP) is 6.65. The highest BCUT2D eigenvalue weighted by molar-refractivity contribution is 9.10. The van der Waals surface area contributed by atoms with Crippen molar-refractivity contribution < 1.29 is 22.4 Å². The lowest BCUT2D eigenvalue weighted by Gasteiger charge is -2.35. The van der Waals surface area contributed by atoms with Gasteiger partial charge in [-0.25, -0.2) is 12.8 Å². The highest BCUT2D eigenvalue weighted by atomic mass is 79.9. The first-order chi connectivity index (χ1) is 21.2. The Kier molecular flexibility index (Phi) is 10.8. The molecule has 4 aromatic carbocycles. The van der Waals surface area contributed by atoms with E-state index in [1.54, 1.807) is 12.1 Å². The minimum atomic E-state index is -4.27. The summed E-state index contributed by atoms with van der Waals surface area (Å²) < 4.78 is 43.8. The van der Waals surface area contributed by atoms with Gasteiger partial charge in [0.25, 0.3) is 10.0 Å². The van der Waals surface area contributed by atoms with Gasteiger partial charge in [-0.15, -0.1) is 0 Å². The van der Waals surface area contributed by atoms with E-state index in [1.165, 1.54) is 29.2 Å². The first-order valence-electron chi connectivity index (χ1n) is 14.5. The molecule has 0 radical (unpaired) electrons. The van der Waals surface area contributed by atoms with E-state index in [-0.39, 0.29) is 29.5 Å². The van der Waals surface area contributed by atoms with E-state index in [2.05, 4.69) is 21.2 Å². The van der Waals surface area contributed by atoms with Crippen molar-refractivity contribution in [3.63, 3.8) is 0 Å². The highest BCUT2D eigenvalue weighted by Crippen LogP contribution is 2.26. The van der Waals surface area contributed by atoms with Crippen molar-refractivity contribution >= 4 is 43.5 Å². The number of hydrogen-bond donors (Lipinski definition) is 1. The minimum Gasteiger partial charge on any atom is -0.350 e. The van der Waals surface area contributed by atoms with Crippen LogP contribution in [0.2, 0.25) is 0 Å². The number of carbonyl (C=O) groups is 2. The summed E-state index contributed by atoms with van der Waals surface area (Å²) in [6.45, 7) is 6.84. The van der Waals surface area contributed by atoms with Gasteiger partial charge in [0, 0.05) is 23.0 Å². The van der Waals surface area contributed by atoms with Gasteiger partial charge in [-0.1, -0.05) is 76.1 Å². The maximum Gasteiger partial charge on any atom is 0.264 e. The van der Waals surface area contributed by atoms with Crippen LogP contribution in [0, 0.1) is 12.7 Å². The normalized spacial score (nSPS) is 12.3. The largest absolute Gasteiger partial charge is 0.350 e. The zero-order valence-electron chi connectivity index (χ0n) is 25.7. The standard InChI is InChI=1S/C35H37BrFN3O4S/c1-25-10-20-31(21-11-25)45(43,44)40(30-18-16-29(37)17-19-30)24-33(41)39(23-27-12-14-28(36)15-13-27)32(34(42)38-35(2,3)4)22-26-8-6-5-7-9-26/h5-21,32H,22-24H2,1-4H3,(H,38,42). The quantitative estimate of drug-likeness (QED) is 0.191. The smallest absolute Gasteiger partial charge is 0.264 e. The van der Waals surface area contributed by atoms with Gasteiger partial charge < -0.3 is 10.2 Å². The van der Waals surface area contributed by atoms with Crippen LogP contribution in [0.5, 0.6) is 0 Å². The molecule has 1 atom stereocenters. The van der Waals surface area contributed by atoms with Gasteiger partial charge in [-0.2, -0.15) is 0 Å². The Balaban J connectivity index is 1.81. The number of amides is 2. The fourth-order valence-corrected chi connectivity index (χ4v) is 6.45. The molecule has 1 unspecified atom stereocenters. The van der Waals surface area contributed by atoms with E-state index in [0.717, 1.165) is 37.6 Å². The summed E-state index contributed by atoms with van der Waals surface area (Å²) in [4.78, 5) is 29.8. The second kappa shape index (κ2) is 14.4. The van der Waals surface area contributed by atoms with Crippen molar-refractivity contribution in [1.82, 2.24) is 10.2 Å². The molecule has 0 aliphatic rings. The van der Waals surface area contributed by atoms with E-state index in [1.807, 2.05) is 82.3 Å². The van der Waals surface area contributed by atoms with Crippen LogP contribution in [0.15, 0.2) is 112 Å². The van der Waals surface area contributed by atoms with Gasteiger partial charge in [-0.05, 0) is 87.4 Å². The Morgan fingerprint density at radius 2 is 1.44 bits per heavy atom. The first kappa shape index (κ1) is 33.9. The molecule has 4 rings (SSSR count). The molecule has 7 nitrogen and oxygen atoms in total. The van der Waals surface area contributed by atoms with Crippen LogP contribution in [0.1, 0.15) is 37.5 Å². The van der Waals surface area contributed by atoms with Crippen LogP contribution in [0.25, 0.3) is 0 Å². The molecule has 236 valence electrons. The molecule has 0 aliphatic carbocycles. The first-order valence-corrected chi connectivity index (χ1v) is 16.7. The van der Waals surface area contributed by atoms with Crippen molar-refractivity contribution in [2.75, 3.05) is 10.8 Å². The van der Waals surface area contributed by atoms with E-state index < -0.39 is 39.9 Å². The lowest BCUT2D eigenvalue weighted by molar-refractivity contribution is -0.140. The SMILES string of the molecule is Cc1ccc(S(=O)(=O)N(CC(=O)N(Cc2ccc(Br)cc2)C(Cc2ccccc2)C(=O)NC(C)(C)C)c2ccc(F)cc2)cc1. The van der Waals surface area contributed by atoms with E-state index in [9.17, 15) is 22.4 Å². The van der Waals surface area contributed by atoms with Crippen LogP contribution < -0.4 is 9.62 Å². The highest BCUT2D eigenvalue weighted by Gasteiger charge is 2.35. The summed E-state index contributed by atoms with van der Waals surface area (Å²) >= 11 is 3.44. The van der Waals surface area contributed by atoms with E-state index >= 15 is 0 Å². The lowest BCUT2D eigenvalue weighted by atomic mass is 10.0. The van der Waals surface area contributed by atoms with Crippen LogP contribution >= 0.6 is 15.9 Å². The average molecular weight is 695 g/mol. The number of nitrogens with zero attached hydrogens (tertiary/aromatic N) is 2. The predicted molar refractivity (Wildman–Crippen MR) is 179 cm³/mol. The molecule has 0 saturated heterocycles. The molecular formula is C35H37BrFN3O4S. The number of benzene rings is 4. The van der Waals surface area contributed by atoms with Gasteiger partial charge in [0.05, 0.1) is 10.6 Å². The van der Waals surface area contributed by atoms with Crippen molar-refractivity contribution in [2.24, 2.45) is 0 Å². The van der Waals surface area contributed by atoms with Crippen LogP contribution in [0.4, 0.5) is 10.1 Å². The maximum absolute atomic E-state index is 14.5. The number of nitrogens with one attached hydrogen (secondary N) is 1. The third-order valence-electron chi connectivity index (χ3n) is 7.04. The number of hydrogen-bond acceptors (Lipinski definition) is 4. The summed E-state index contributed by atoms with van der Waals surface area (Å²) in [5, 5.41) is 3.01. The van der Waals surface area contributed by atoms with Crippen molar-refractivity contribution in [2.45, 2.75) is 57.1 Å². The van der Waals surface area contributed by atoms with Crippen molar-refractivity contribution in [1.29, 1.82) is 0 Å². The van der Waals surface area contributed by atoms with Crippen molar-refractivity contribution in [3.8, 4) is 0 Å². The Labute approximate surface area is 273 Å². The number of aryl methyl sites for hydroxylation is 1. The van der Waals surface area contributed by atoms with E-state index in [0.29, 0.717) is 0 Å². The van der Waals surface area contributed by atoms with Gasteiger partial charge >= 0.3 is 0 Å². The summed E-state index contributed by atoms with van der Waals surface area (Å²) in [7, 11) is -4.27. The molecule has 0 spiro atoms. The third-order valence-corrected chi connectivity index (χ3v) is 9.35. The molecular weight excluding hydrogens is 657 g/mol. The Hall–Kier alpha value is -4.02. The van der Waals surface area contributed by atoms with Gasteiger partial charge in [0.15, 0.2) is 0 Å². The molecule has 4 aromatic rings. The topological polar surface area (TPSA) is 86.8 Å². The average Bonchev–Trinajstić information content (AvgIpc) is 2.99. The number of halogens is 2. The fourth-order valence-electron chi connectivity index (χ4n) is 4.77. The molecule has 0 saturated carbocycles. The summed E-state index contributed by atoms with van der Waals surface area (Å²) in [5.74, 6) is -1.51. The van der Waals surface area contributed by atoms with Gasteiger partial charge in [-0.3, -0.25) is 13.9 Å². The van der Waals surface area contributed by atoms with Gasteiger partial charge in [0.1, 0.15) is 18.4 Å². The molecule has 10 heteroatoms. The summed E-state index contributed by atoms with van der Waals surface area (Å²) in [5.41, 5.74) is 1.99. The summed E-state index contributed by atoms with van der Waals surface area (Å²) in [6.07, 6.45) is 0.201. The maximum atomic E-state index is 14.5. The molecule has 0 aromatic heterocycles. The molecule has 0 fully saturated rings. The number of carbonyl (C=O) groups excluding carboxylic acids is 2. The monoisotopic (exact) mass is 693 g/mol. The Morgan fingerprint density at radius 3 is 2.02 bits per heavy atom. The molecule has 2 amide bonds. The van der Waals surface area contributed by atoms with Crippen LogP contribution in [-0.2, 0) is 32.6 Å². The van der Waals surface area contributed by atoms with Crippen LogP contribution in [0.3, 0.4) is 0 Å². The number of rotatable bonds is 11. The lowest BCUT2D eigenvalue weighted by Crippen LogP contribution is -2.56. The summed E-state index contributed by atoms with van der Waals surface area (Å²) in [6, 6.07) is 27.0. The molecule has 1 N–H and O–H groups in total. The molecule has 0 bridgehead atoms. The number of anilines is 1. The number of sulfonamides is 1. The zero-order chi connectivity index (χ0) is 32.8. The third kappa shape index (κ3) is 9.25. The Bertz CT molecular complexity index is 1710. The molecule has 0 aliphatic heterocycles.